The molecule has 0 spiro atoms. The number of carbonyl (C=O) groups is 1. The maximum absolute atomic E-state index is 11.1. The summed E-state index contributed by atoms with van der Waals surface area (Å²) in [6.45, 7) is 4.10. The van der Waals surface area contributed by atoms with Gasteiger partial charge in [0.25, 0.3) is 0 Å². The Hall–Kier alpha value is -1.73. The minimum Gasteiger partial charge on any atom is -0.476 e. The summed E-state index contributed by atoms with van der Waals surface area (Å²) in [5.74, 6) is -0.611. The van der Waals surface area contributed by atoms with Crippen LogP contribution in [-0.2, 0) is 4.74 Å². The van der Waals surface area contributed by atoms with Crippen LogP contribution in [0, 0.1) is 0 Å². The summed E-state index contributed by atoms with van der Waals surface area (Å²) in [5, 5.41) is 21.4. The van der Waals surface area contributed by atoms with Gasteiger partial charge in [-0.25, -0.2) is 14.8 Å². The number of anilines is 1. The van der Waals surface area contributed by atoms with E-state index in [0.29, 0.717) is 5.82 Å². The minimum atomic E-state index is -1.13. The van der Waals surface area contributed by atoms with Gasteiger partial charge in [-0.1, -0.05) is 13.8 Å². The topological polar surface area (TPSA) is 105 Å². The summed E-state index contributed by atoms with van der Waals surface area (Å²) >= 11 is 0. The number of aromatic carboxylic acids is 1. The van der Waals surface area contributed by atoms with Crippen LogP contribution >= 0.6 is 0 Å². The molecular weight excluding hydrogens is 250 g/mol. The lowest BCUT2D eigenvalue weighted by atomic mass is 10.2. The molecule has 0 aliphatic heterocycles. The zero-order chi connectivity index (χ0) is 14.4. The number of hydrogen-bond donors (Lipinski definition) is 3. The van der Waals surface area contributed by atoms with E-state index in [-0.39, 0.29) is 30.5 Å². The molecule has 106 valence electrons. The molecule has 0 aliphatic rings. The monoisotopic (exact) mass is 269 g/mol. The van der Waals surface area contributed by atoms with Gasteiger partial charge in [-0.2, -0.15) is 0 Å². The molecule has 19 heavy (non-hydrogen) atoms. The van der Waals surface area contributed by atoms with Crippen LogP contribution in [-0.4, -0.2) is 52.5 Å². The molecule has 1 aromatic heterocycles. The molecule has 0 aliphatic carbocycles. The molecule has 0 fully saturated rings. The van der Waals surface area contributed by atoms with Crippen molar-refractivity contribution in [2.45, 2.75) is 25.9 Å². The fraction of sp³-hybridized carbons (Fsp3) is 0.583. The second-order valence-electron chi connectivity index (χ2n) is 4.44. The van der Waals surface area contributed by atoms with Crippen molar-refractivity contribution in [3.63, 3.8) is 0 Å². The van der Waals surface area contributed by atoms with E-state index in [2.05, 4.69) is 15.3 Å². The van der Waals surface area contributed by atoms with Crippen LogP contribution in [0.2, 0.25) is 0 Å². The summed E-state index contributed by atoms with van der Waals surface area (Å²) in [4.78, 5) is 19.3. The van der Waals surface area contributed by atoms with Crippen molar-refractivity contribution in [2.24, 2.45) is 0 Å². The smallest absolute Gasteiger partial charge is 0.356 e. The van der Waals surface area contributed by atoms with Crippen LogP contribution in [0.4, 0.5) is 5.69 Å². The Labute approximate surface area is 111 Å². The van der Waals surface area contributed by atoms with Crippen LogP contribution < -0.4 is 5.32 Å². The first-order valence-electron chi connectivity index (χ1n) is 5.96. The lowest BCUT2D eigenvalue weighted by Crippen LogP contribution is -2.25. The highest BCUT2D eigenvalue weighted by Crippen LogP contribution is 2.16. The van der Waals surface area contributed by atoms with E-state index in [1.807, 2.05) is 13.8 Å². The van der Waals surface area contributed by atoms with Gasteiger partial charge in [0.05, 0.1) is 24.6 Å². The SMILES string of the molecule is COCC(O)CNc1cnc(C(C)C)nc1C(=O)O. The maximum atomic E-state index is 11.1. The first-order chi connectivity index (χ1) is 8.95. The van der Waals surface area contributed by atoms with E-state index >= 15 is 0 Å². The Balaban J connectivity index is 2.85. The van der Waals surface area contributed by atoms with Gasteiger partial charge in [0.2, 0.25) is 0 Å². The Morgan fingerprint density at radius 2 is 2.21 bits per heavy atom. The van der Waals surface area contributed by atoms with Crippen molar-refractivity contribution in [3.8, 4) is 0 Å². The van der Waals surface area contributed by atoms with Crippen molar-refractivity contribution < 1.29 is 19.7 Å². The third-order valence-electron chi connectivity index (χ3n) is 2.41. The molecule has 0 saturated carbocycles. The normalized spacial score (nSPS) is 12.5. The number of methoxy groups -OCH3 is 1. The van der Waals surface area contributed by atoms with E-state index in [0.717, 1.165) is 0 Å². The van der Waals surface area contributed by atoms with Crippen LogP contribution in [0.5, 0.6) is 0 Å². The maximum Gasteiger partial charge on any atom is 0.356 e. The summed E-state index contributed by atoms with van der Waals surface area (Å²) in [6, 6.07) is 0. The molecule has 1 rings (SSSR count). The Bertz CT molecular complexity index is 437. The third-order valence-corrected chi connectivity index (χ3v) is 2.41. The van der Waals surface area contributed by atoms with E-state index < -0.39 is 12.1 Å². The van der Waals surface area contributed by atoms with Gasteiger partial charge in [0, 0.05) is 19.6 Å². The summed E-state index contributed by atoms with van der Waals surface area (Å²) < 4.78 is 4.78. The molecule has 3 N–H and O–H groups in total. The lowest BCUT2D eigenvalue weighted by molar-refractivity contribution is 0.0687. The van der Waals surface area contributed by atoms with E-state index in [4.69, 9.17) is 9.84 Å². The van der Waals surface area contributed by atoms with Crippen molar-refractivity contribution in [1.29, 1.82) is 0 Å². The predicted molar refractivity (Wildman–Crippen MR) is 69.5 cm³/mol. The number of aliphatic hydroxyl groups excluding tert-OH is 1. The highest BCUT2D eigenvalue weighted by molar-refractivity contribution is 5.91. The Kier molecular flexibility index (Phi) is 5.65. The van der Waals surface area contributed by atoms with Crippen molar-refractivity contribution >= 4 is 11.7 Å². The molecule has 1 atom stereocenters. The number of aromatic nitrogens is 2. The Morgan fingerprint density at radius 3 is 2.74 bits per heavy atom. The number of rotatable bonds is 7. The van der Waals surface area contributed by atoms with E-state index in [1.54, 1.807) is 0 Å². The molecule has 0 radical (unpaired) electrons. The van der Waals surface area contributed by atoms with Gasteiger partial charge in [-0.05, 0) is 0 Å². The molecule has 1 aromatic rings. The van der Waals surface area contributed by atoms with Crippen molar-refractivity contribution in [1.82, 2.24) is 9.97 Å². The molecule has 0 bridgehead atoms. The zero-order valence-electron chi connectivity index (χ0n) is 11.3. The summed E-state index contributed by atoms with van der Waals surface area (Å²) in [5.41, 5.74) is 0.190. The van der Waals surface area contributed by atoms with Crippen LogP contribution in [0.1, 0.15) is 36.1 Å². The first kappa shape index (κ1) is 15.3. The van der Waals surface area contributed by atoms with Crippen LogP contribution in [0.3, 0.4) is 0 Å². The van der Waals surface area contributed by atoms with Crippen molar-refractivity contribution in [2.75, 3.05) is 25.6 Å². The van der Waals surface area contributed by atoms with Gasteiger partial charge in [-0.15, -0.1) is 0 Å². The molecule has 0 amide bonds. The molecule has 0 saturated heterocycles. The number of nitrogens with one attached hydrogen (secondary N) is 1. The molecule has 1 unspecified atom stereocenters. The zero-order valence-corrected chi connectivity index (χ0v) is 11.3. The number of aliphatic hydroxyl groups is 1. The number of hydrogen-bond acceptors (Lipinski definition) is 6. The van der Waals surface area contributed by atoms with Gasteiger partial charge in [0.1, 0.15) is 5.82 Å². The summed E-state index contributed by atoms with van der Waals surface area (Å²) in [7, 11) is 1.48. The standard InChI is InChI=1S/C12H19N3O4/c1-7(2)11-14-5-9(10(15-11)12(17)18)13-4-8(16)6-19-3/h5,7-8,13,16H,4,6H2,1-3H3,(H,17,18). The van der Waals surface area contributed by atoms with Gasteiger partial charge in [-0.3, -0.25) is 0 Å². The second kappa shape index (κ2) is 7.01. The lowest BCUT2D eigenvalue weighted by Gasteiger charge is -2.14. The molecule has 7 heteroatoms. The van der Waals surface area contributed by atoms with E-state index in [1.165, 1.54) is 13.3 Å². The fourth-order valence-corrected chi connectivity index (χ4v) is 1.45. The Morgan fingerprint density at radius 1 is 1.53 bits per heavy atom. The number of ether oxygens (including phenoxy) is 1. The molecule has 1 heterocycles. The minimum absolute atomic E-state index is 0.0474. The van der Waals surface area contributed by atoms with Gasteiger partial charge in [0.15, 0.2) is 5.69 Å². The molecule has 0 aromatic carbocycles. The number of carboxylic acid groups (broad SMARTS) is 1. The van der Waals surface area contributed by atoms with Crippen LogP contribution in [0.25, 0.3) is 0 Å². The second-order valence-corrected chi connectivity index (χ2v) is 4.44. The van der Waals surface area contributed by atoms with E-state index in [9.17, 15) is 9.90 Å². The largest absolute Gasteiger partial charge is 0.476 e. The highest BCUT2D eigenvalue weighted by Gasteiger charge is 2.16. The number of nitrogens with zero attached hydrogens (tertiary/aromatic N) is 2. The average molecular weight is 269 g/mol. The first-order valence-corrected chi connectivity index (χ1v) is 5.96. The average Bonchev–Trinajstić information content (AvgIpc) is 2.36. The molecular formula is C12H19N3O4. The van der Waals surface area contributed by atoms with Gasteiger partial charge < -0.3 is 20.3 Å². The van der Waals surface area contributed by atoms with Crippen LogP contribution in [0.15, 0.2) is 6.20 Å². The fourth-order valence-electron chi connectivity index (χ4n) is 1.45. The highest BCUT2D eigenvalue weighted by atomic mass is 16.5. The molecule has 7 nitrogen and oxygen atoms in total. The third kappa shape index (κ3) is 4.46. The van der Waals surface area contributed by atoms with Crippen molar-refractivity contribution in [3.05, 3.63) is 17.7 Å². The van der Waals surface area contributed by atoms with Gasteiger partial charge >= 0.3 is 5.97 Å². The summed E-state index contributed by atoms with van der Waals surface area (Å²) in [6.07, 6.45) is 0.696. The quantitative estimate of drug-likeness (QED) is 0.669. The predicted octanol–water partition coefficient (Wildman–Crippen LogP) is 0.717. The number of carboxylic acids is 1.